The Bertz CT molecular complexity index is 722. The number of rotatable bonds is 3. The Labute approximate surface area is 136 Å². The molecule has 110 valence electrons. The topological polar surface area (TPSA) is 46.9 Å². The van der Waals surface area contributed by atoms with Crippen molar-refractivity contribution in [2.75, 3.05) is 5.32 Å². The first-order chi connectivity index (χ1) is 9.88. The van der Waals surface area contributed by atoms with Crippen molar-refractivity contribution >= 4 is 45.2 Å². The Kier molecular flexibility index (Phi) is 4.85. The highest BCUT2D eigenvalue weighted by molar-refractivity contribution is 9.10. The third-order valence-corrected chi connectivity index (χ3v) is 4.34. The highest BCUT2D eigenvalue weighted by Crippen LogP contribution is 2.22. The summed E-state index contributed by atoms with van der Waals surface area (Å²) in [6, 6.07) is 5.66. The van der Waals surface area contributed by atoms with E-state index in [1.807, 2.05) is 32.0 Å². The van der Waals surface area contributed by atoms with Crippen molar-refractivity contribution in [2.24, 2.45) is 7.05 Å². The maximum Gasteiger partial charge on any atom is 0.248 e. The molecule has 1 aromatic carbocycles. The normalized spacial score (nSPS) is 11.1. The van der Waals surface area contributed by atoms with Gasteiger partial charge >= 0.3 is 0 Å². The van der Waals surface area contributed by atoms with Crippen LogP contribution in [0.25, 0.3) is 6.08 Å². The summed E-state index contributed by atoms with van der Waals surface area (Å²) in [7, 11) is 1.76. The fraction of sp³-hybridized carbons (Fsp3) is 0.200. The molecule has 0 aliphatic rings. The van der Waals surface area contributed by atoms with Gasteiger partial charge in [0.05, 0.1) is 5.69 Å². The van der Waals surface area contributed by atoms with Crippen LogP contribution in [0.5, 0.6) is 0 Å². The maximum atomic E-state index is 11.9. The van der Waals surface area contributed by atoms with E-state index in [0.717, 1.165) is 27.0 Å². The molecule has 0 aliphatic carbocycles. The zero-order valence-corrected chi connectivity index (χ0v) is 14.3. The van der Waals surface area contributed by atoms with E-state index in [2.05, 4.69) is 26.3 Å². The van der Waals surface area contributed by atoms with E-state index in [0.29, 0.717) is 5.15 Å². The largest absolute Gasteiger partial charge is 0.322 e. The van der Waals surface area contributed by atoms with E-state index in [9.17, 15) is 4.79 Å². The summed E-state index contributed by atoms with van der Waals surface area (Å²) in [6.45, 7) is 3.84. The van der Waals surface area contributed by atoms with Gasteiger partial charge < -0.3 is 5.32 Å². The molecule has 0 aliphatic heterocycles. The van der Waals surface area contributed by atoms with Crippen LogP contribution in [0.15, 0.2) is 28.7 Å². The Morgan fingerprint density at radius 2 is 2.14 bits per heavy atom. The van der Waals surface area contributed by atoms with Crippen LogP contribution in [-0.2, 0) is 11.8 Å². The number of aromatic nitrogens is 2. The van der Waals surface area contributed by atoms with Gasteiger partial charge in [0.15, 0.2) is 0 Å². The summed E-state index contributed by atoms with van der Waals surface area (Å²) in [5.74, 6) is -0.218. The standard InChI is InChI=1S/C15H15BrClN3O/c1-9-4-5-11(8-13(9)16)18-14(21)7-6-12-10(2)19-20(3)15(12)17/h4-8H,1-3H3,(H,18,21)/b7-6+. The van der Waals surface area contributed by atoms with Crippen molar-refractivity contribution < 1.29 is 4.79 Å². The third kappa shape index (κ3) is 3.74. The number of benzene rings is 1. The number of hydrogen-bond donors (Lipinski definition) is 1. The van der Waals surface area contributed by atoms with Crippen molar-refractivity contribution in [1.82, 2.24) is 9.78 Å². The molecule has 0 radical (unpaired) electrons. The van der Waals surface area contributed by atoms with E-state index in [-0.39, 0.29) is 5.91 Å². The van der Waals surface area contributed by atoms with E-state index in [1.54, 1.807) is 17.8 Å². The van der Waals surface area contributed by atoms with Gasteiger partial charge in [-0.05, 0) is 37.6 Å². The quantitative estimate of drug-likeness (QED) is 0.829. The molecule has 6 heteroatoms. The monoisotopic (exact) mass is 367 g/mol. The van der Waals surface area contributed by atoms with E-state index < -0.39 is 0 Å². The molecule has 0 spiro atoms. The van der Waals surface area contributed by atoms with Crippen molar-refractivity contribution in [3.63, 3.8) is 0 Å². The smallest absolute Gasteiger partial charge is 0.248 e. The molecule has 0 atom stereocenters. The molecule has 0 fully saturated rings. The van der Waals surface area contributed by atoms with Crippen LogP contribution in [0.3, 0.4) is 0 Å². The van der Waals surface area contributed by atoms with Crippen LogP contribution >= 0.6 is 27.5 Å². The molecule has 1 amide bonds. The lowest BCUT2D eigenvalue weighted by Gasteiger charge is -2.04. The summed E-state index contributed by atoms with van der Waals surface area (Å²) in [4.78, 5) is 11.9. The molecule has 2 aromatic rings. The van der Waals surface area contributed by atoms with Gasteiger partial charge in [-0.15, -0.1) is 0 Å². The first kappa shape index (κ1) is 15.8. The second-order valence-corrected chi connectivity index (χ2v) is 5.91. The minimum atomic E-state index is -0.218. The average molecular weight is 369 g/mol. The molecular weight excluding hydrogens is 354 g/mol. The number of amides is 1. The van der Waals surface area contributed by atoms with Crippen LogP contribution in [0.1, 0.15) is 16.8 Å². The second-order valence-electron chi connectivity index (χ2n) is 4.70. The summed E-state index contributed by atoms with van der Waals surface area (Å²) in [6.07, 6.45) is 3.12. The lowest BCUT2D eigenvalue weighted by molar-refractivity contribution is -0.111. The van der Waals surface area contributed by atoms with Crippen LogP contribution < -0.4 is 5.32 Å². The van der Waals surface area contributed by atoms with Crippen LogP contribution in [0.2, 0.25) is 5.15 Å². The molecule has 0 saturated heterocycles. The molecule has 0 unspecified atom stereocenters. The van der Waals surface area contributed by atoms with Gasteiger partial charge in [0.2, 0.25) is 5.91 Å². The van der Waals surface area contributed by atoms with E-state index >= 15 is 0 Å². The minimum Gasteiger partial charge on any atom is -0.322 e. The molecule has 4 nitrogen and oxygen atoms in total. The van der Waals surface area contributed by atoms with E-state index in [1.165, 1.54) is 6.08 Å². The molecule has 1 heterocycles. The van der Waals surface area contributed by atoms with Gasteiger partial charge in [-0.1, -0.05) is 33.6 Å². The fourth-order valence-electron chi connectivity index (χ4n) is 1.85. The van der Waals surface area contributed by atoms with Crippen LogP contribution in [0.4, 0.5) is 5.69 Å². The first-order valence-corrected chi connectivity index (χ1v) is 7.50. The number of nitrogens with zero attached hydrogens (tertiary/aromatic N) is 2. The molecular formula is C15H15BrClN3O. The number of nitrogens with one attached hydrogen (secondary N) is 1. The zero-order valence-electron chi connectivity index (χ0n) is 11.9. The molecule has 0 bridgehead atoms. The van der Waals surface area contributed by atoms with Gasteiger partial charge in [-0.25, -0.2) is 0 Å². The second kappa shape index (κ2) is 6.45. The number of hydrogen-bond acceptors (Lipinski definition) is 2. The molecule has 1 aromatic heterocycles. The molecule has 0 saturated carbocycles. The average Bonchev–Trinajstić information content (AvgIpc) is 2.66. The number of aryl methyl sites for hydroxylation is 3. The lowest BCUT2D eigenvalue weighted by atomic mass is 10.2. The van der Waals surface area contributed by atoms with Gasteiger partial charge in [-0.3, -0.25) is 9.48 Å². The maximum absolute atomic E-state index is 11.9. The summed E-state index contributed by atoms with van der Waals surface area (Å²) in [5, 5.41) is 7.50. The molecule has 1 N–H and O–H groups in total. The highest BCUT2D eigenvalue weighted by atomic mass is 79.9. The Hall–Kier alpha value is -1.59. The third-order valence-electron chi connectivity index (χ3n) is 3.04. The first-order valence-electron chi connectivity index (χ1n) is 6.33. The Morgan fingerprint density at radius 3 is 2.71 bits per heavy atom. The van der Waals surface area contributed by atoms with Gasteiger partial charge in [0.25, 0.3) is 0 Å². The predicted octanol–water partition coefficient (Wildman–Crippen LogP) is 4.10. The fourth-order valence-corrected chi connectivity index (χ4v) is 2.47. The Balaban J connectivity index is 2.11. The summed E-state index contributed by atoms with van der Waals surface area (Å²) >= 11 is 9.54. The lowest BCUT2D eigenvalue weighted by Crippen LogP contribution is -2.07. The van der Waals surface area contributed by atoms with Crippen LogP contribution in [-0.4, -0.2) is 15.7 Å². The minimum absolute atomic E-state index is 0.218. The molecule has 2 rings (SSSR count). The molecule has 21 heavy (non-hydrogen) atoms. The summed E-state index contributed by atoms with van der Waals surface area (Å²) in [5.41, 5.74) is 3.38. The zero-order chi connectivity index (χ0) is 15.6. The number of carbonyl (C=O) groups excluding carboxylic acids is 1. The predicted molar refractivity (Wildman–Crippen MR) is 89.5 cm³/mol. The SMILES string of the molecule is Cc1ccc(NC(=O)/C=C/c2c(C)nn(C)c2Cl)cc1Br. The van der Waals surface area contributed by atoms with Crippen molar-refractivity contribution in [3.05, 3.63) is 50.7 Å². The van der Waals surface area contributed by atoms with Gasteiger partial charge in [0.1, 0.15) is 5.15 Å². The van der Waals surface area contributed by atoms with E-state index in [4.69, 9.17) is 11.6 Å². The Morgan fingerprint density at radius 1 is 1.43 bits per heavy atom. The number of halogens is 2. The van der Waals surface area contributed by atoms with Crippen molar-refractivity contribution in [3.8, 4) is 0 Å². The van der Waals surface area contributed by atoms with Crippen LogP contribution in [0, 0.1) is 13.8 Å². The van der Waals surface area contributed by atoms with Gasteiger partial charge in [-0.2, -0.15) is 5.10 Å². The highest BCUT2D eigenvalue weighted by Gasteiger charge is 2.08. The number of anilines is 1. The van der Waals surface area contributed by atoms with Crippen molar-refractivity contribution in [1.29, 1.82) is 0 Å². The van der Waals surface area contributed by atoms with Gasteiger partial charge in [0, 0.05) is 28.8 Å². The number of carbonyl (C=O) groups is 1. The van der Waals surface area contributed by atoms with Crippen molar-refractivity contribution in [2.45, 2.75) is 13.8 Å². The summed E-state index contributed by atoms with van der Waals surface area (Å²) < 4.78 is 2.53.